The normalized spacial score (nSPS) is 15.0. The summed E-state index contributed by atoms with van der Waals surface area (Å²) in [7, 11) is 0. The summed E-state index contributed by atoms with van der Waals surface area (Å²) >= 11 is 7.63. The van der Waals surface area contributed by atoms with Crippen molar-refractivity contribution >= 4 is 28.8 Å². The molecule has 1 fully saturated rings. The summed E-state index contributed by atoms with van der Waals surface area (Å²) < 4.78 is 6.65. The second-order valence-electron chi connectivity index (χ2n) is 7.20. The number of aromatic nitrogens is 1. The smallest absolute Gasteiger partial charge is 0.222 e. The molecule has 0 atom stereocenters. The third-order valence-corrected chi connectivity index (χ3v) is 6.34. The molecule has 0 radical (unpaired) electrons. The van der Waals surface area contributed by atoms with Crippen LogP contribution in [-0.4, -0.2) is 46.9 Å². The number of oxazole rings is 1. The molecule has 2 aromatic heterocycles. The van der Waals surface area contributed by atoms with Crippen LogP contribution in [-0.2, 0) is 17.8 Å². The van der Waals surface area contributed by atoms with E-state index in [2.05, 4.69) is 16.0 Å². The summed E-state index contributed by atoms with van der Waals surface area (Å²) in [6.07, 6.45) is 3.72. The Morgan fingerprint density at radius 1 is 1.10 bits per heavy atom. The fourth-order valence-electron chi connectivity index (χ4n) is 3.52. The fourth-order valence-corrected chi connectivity index (χ4v) is 4.65. The lowest BCUT2D eigenvalue weighted by atomic mass is 10.2. The van der Waals surface area contributed by atoms with E-state index in [-0.39, 0.29) is 5.91 Å². The largest absolute Gasteiger partial charge is 0.441 e. The summed E-state index contributed by atoms with van der Waals surface area (Å²) in [5.74, 6) is 1.69. The highest BCUT2D eigenvalue weighted by atomic mass is 35.5. The molecule has 0 saturated carbocycles. The van der Waals surface area contributed by atoms with Gasteiger partial charge in [0.25, 0.3) is 0 Å². The van der Waals surface area contributed by atoms with Crippen LogP contribution in [0.15, 0.2) is 53.1 Å². The van der Waals surface area contributed by atoms with Gasteiger partial charge in [0, 0.05) is 56.0 Å². The fraction of sp³-hybridized carbons (Fsp3) is 0.364. The van der Waals surface area contributed by atoms with Crippen LogP contribution >= 0.6 is 22.9 Å². The molecule has 3 aromatic rings. The van der Waals surface area contributed by atoms with Gasteiger partial charge in [-0.25, -0.2) is 4.98 Å². The molecule has 152 valence electrons. The van der Waals surface area contributed by atoms with Crippen molar-refractivity contribution in [3.63, 3.8) is 0 Å². The van der Waals surface area contributed by atoms with Gasteiger partial charge in [0.2, 0.25) is 5.91 Å². The standard InChI is InChI=1S/C22H24ClN3O2S/c23-20-10-9-18(29-20)16-25-11-13-26(14-12-25)22(27)8-4-7-21-24-15-19(28-21)17-5-2-1-3-6-17/h1-3,5-6,9-10,15H,4,7-8,11-14,16H2. The SMILES string of the molecule is O=C(CCCc1ncc(-c2ccccc2)o1)N1CCN(Cc2ccc(Cl)s2)CC1. The van der Waals surface area contributed by atoms with Gasteiger partial charge in [-0.1, -0.05) is 41.9 Å². The van der Waals surface area contributed by atoms with E-state index in [0.717, 1.165) is 54.8 Å². The number of thiophene rings is 1. The molecular formula is C22H24ClN3O2S. The molecule has 0 bridgehead atoms. The molecular weight excluding hydrogens is 406 g/mol. The molecule has 1 saturated heterocycles. The molecule has 1 aliphatic rings. The first-order valence-electron chi connectivity index (χ1n) is 9.92. The van der Waals surface area contributed by atoms with Gasteiger partial charge in [-0.2, -0.15) is 0 Å². The first-order valence-corrected chi connectivity index (χ1v) is 11.1. The van der Waals surface area contributed by atoms with Gasteiger partial charge in [0.15, 0.2) is 11.7 Å². The molecule has 4 rings (SSSR count). The average molecular weight is 430 g/mol. The number of nitrogens with zero attached hydrogens (tertiary/aromatic N) is 3. The number of hydrogen-bond donors (Lipinski definition) is 0. The van der Waals surface area contributed by atoms with Crippen molar-refractivity contribution in [1.29, 1.82) is 0 Å². The number of benzene rings is 1. The minimum Gasteiger partial charge on any atom is -0.441 e. The molecule has 5 nitrogen and oxygen atoms in total. The molecule has 0 aliphatic carbocycles. The Bertz CT molecular complexity index is 932. The maximum absolute atomic E-state index is 12.5. The van der Waals surface area contributed by atoms with Gasteiger partial charge >= 0.3 is 0 Å². The Morgan fingerprint density at radius 3 is 2.62 bits per heavy atom. The summed E-state index contributed by atoms with van der Waals surface area (Å²) in [6, 6.07) is 14.0. The van der Waals surface area contributed by atoms with Crippen LogP contribution in [0.1, 0.15) is 23.6 Å². The van der Waals surface area contributed by atoms with Crippen molar-refractivity contribution in [2.75, 3.05) is 26.2 Å². The predicted molar refractivity (Wildman–Crippen MR) is 116 cm³/mol. The van der Waals surface area contributed by atoms with Crippen molar-refractivity contribution < 1.29 is 9.21 Å². The van der Waals surface area contributed by atoms with Crippen LogP contribution < -0.4 is 0 Å². The van der Waals surface area contributed by atoms with E-state index in [0.29, 0.717) is 18.7 Å². The predicted octanol–water partition coefficient (Wildman–Crippen LogP) is 4.72. The maximum atomic E-state index is 12.5. The molecule has 1 amide bonds. The lowest BCUT2D eigenvalue weighted by Crippen LogP contribution is -2.48. The Balaban J connectivity index is 1.18. The van der Waals surface area contributed by atoms with Crippen molar-refractivity contribution in [3.05, 3.63) is 63.8 Å². The molecule has 7 heteroatoms. The van der Waals surface area contributed by atoms with Gasteiger partial charge in [-0.15, -0.1) is 11.3 Å². The van der Waals surface area contributed by atoms with E-state index in [1.807, 2.05) is 41.3 Å². The van der Waals surface area contributed by atoms with E-state index in [9.17, 15) is 4.79 Å². The number of aryl methyl sites for hydroxylation is 1. The van der Waals surface area contributed by atoms with Crippen molar-refractivity contribution in [3.8, 4) is 11.3 Å². The van der Waals surface area contributed by atoms with E-state index in [1.165, 1.54) is 4.88 Å². The van der Waals surface area contributed by atoms with Gasteiger partial charge in [0.05, 0.1) is 10.5 Å². The van der Waals surface area contributed by atoms with Crippen LogP contribution in [0.5, 0.6) is 0 Å². The molecule has 0 unspecified atom stereocenters. The summed E-state index contributed by atoms with van der Waals surface area (Å²) in [6.45, 7) is 4.29. The van der Waals surface area contributed by atoms with Crippen LogP contribution in [0.2, 0.25) is 4.34 Å². The Hall–Kier alpha value is -2.15. The maximum Gasteiger partial charge on any atom is 0.222 e. The lowest BCUT2D eigenvalue weighted by Gasteiger charge is -2.34. The number of hydrogen-bond acceptors (Lipinski definition) is 5. The van der Waals surface area contributed by atoms with E-state index >= 15 is 0 Å². The molecule has 3 heterocycles. The summed E-state index contributed by atoms with van der Waals surface area (Å²) in [4.78, 5) is 22.5. The number of halogens is 1. The first kappa shape index (κ1) is 20.1. The second-order valence-corrected chi connectivity index (χ2v) is 9.00. The number of rotatable bonds is 7. The number of piperazine rings is 1. The monoisotopic (exact) mass is 429 g/mol. The number of amides is 1. The average Bonchev–Trinajstić information content (AvgIpc) is 3.38. The number of carbonyl (C=O) groups excluding carboxylic acids is 1. The Labute approximate surface area is 179 Å². The minimum absolute atomic E-state index is 0.221. The van der Waals surface area contributed by atoms with Crippen LogP contribution in [0.3, 0.4) is 0 Å². The van der Waals surface area contributed by atoms with E-state index in [4.69, 9.17) is 16.0 Å². The molecule has 1 aromatic carbocycles. The first-order chi connectivity index (χ1) is 14.2. The van der Waals surface area contributed by atoms with Crippen LogP contribution in [0.25, 0.3) is 11.3 Å². The Morgan fingerprint density at radius 2 is 1.90 bits per heavy atom. The topological polar surface area (TPSA) is 49.6 Å². The van der Waals surface area contributed by atoms with E-state index in [1.54, 1.807) is 17.5 Å². The third kappa shape index (κ3) is 5.47. The quantitative estimate of drug-likeness (QED) is 0.545. The van der Waals surface area contributed by atoms with Gasteiger partial charge < -0.3 is 9.32 Å². The van der Waals surface area contributed by atoms with Crippen LogP contribution in [0, 0.1) is 0 Å². The summed E-state index contributed by atoms with van der Waals surface area (Å²) in [5, 5.41) is 0. The van der Waals surface area contributed by atoms with Gasteiger partial charge in [0.1, 0.15) is 0 Å². The molecule has 0 N–H and O–H groups in total. The lowest BCUT2D eigenvalue weighted by molar-refractivity contribution is -0.133. The zero-order valence-corrected chi connectivity index (χ0v) is 17.8. The highest BCUT2D eigenvalue weighted by Gasteiger charge is 2.21. The minimum atomic E-state index is 0.221. The van der Waals surface area contributed by atoms with E-state index < -0.39 is 0 Å². The number of carbonyl (C=O) groups is 1. The zero-order valence-electron chi connectivity index (χ0n) is 16.2. The van der Waals surface area contributed by atoms with Gasteiger partial charge in [-0.3, -0.25) is 9.69 Å². The molecule has 29 heavy (non-hydrogen) atoms. The summed E-state index contributed by atoms with van der Waals surface area (Å²) in [5.41, 5.74) is 1.02. The molecule has 0 spiro atoms. The van der Waals surface area contributed by atoms with Crippen molar-refractivity contribution in [1.82, 2.24) is 14.8 Å². The highest BCUT2D eigenvalue weighted by molar-refractivity contribution is 7.16. The zero-order chi connectivity index (χ0) is 20.1. The highest BCUT2D eigenvalue weighted by Crippen LogP contribution is 2.23. The molecule has 1 aliphatic heterocycles. The van der Waals surface area contributed by atoms with Crippen molar-refractivity contribution in [2.45, 2.75) is 25.8 Å². The second kappa shape index (κ2) is 9.57. The Kier molecular flexibility index (Phi) is 6.64. The third-order valence-electron chi connectivity index (χ3n) is 5.13. The van der Waals surface area contributed by atoms with Crippen molar-refractivity contribution in [2.24, 2.45) is 0 Å². The van der Waals surface area contributed by atoms with Gasteiger partial charge in [-0.05, 0) is 18.6 Å². The van der Waals surface area contributed by atoms with Crippen LogP contribution in [0.4, 0.5) is 0 Å².